The van der Waals surface area contributed by atoms with E-state index in [1.807, 2.05) is 30.3 Å². The van der Waals surface area contributed by atoms with Crippen LogP contribution in [-0.4, -0.2) is 64.1 Å². The fourth-order valence-electron chi connectivity index (χ4n) is 6.13. The zero-order valence-corrected chi connectivity index (χ0v) is 24.1. The Morgan fingerprint density at radius 1 is 1.07 bits per heavy atom. The molecule has 1 saturated carbocycles. The van der Waals surface area contributed by atoms with Crippen molar-refractivity contribution in [1.82, 2.24) is 25.5 Å². The van der Waals surface area contributed by atoms with Crippen LogP contribution in [0, 0.1) is 0 Å². The number of alkyl carbamates (subject to hydrolysis) is 1. The van der Waals surface area contributed by atoms with E-state index in [0.29, 0.717) is 11.6 Å². The second-order valence-electron chi connectivity index (χ2n) is 11.5. The van der Waals surface area contributed by atoms with Crippen LogP contribution >= 0.6 is 0 Å². The zero-order valence-electron chi connectivity index (χ0n) is 24.1. The van der Waals surface area contributed by atoms with Gasteiger partial charge in [0.2, 0.25) is 5.91 Å². The average Bonchev–Trinajstić information content (AvgIpc) is 2.97. The number of anilines is 1. The summed E-state index contributed by atoms with van der Waals surface area (Å²) in [5, 5.41) is 9.23. The zero-order chi connectivity index (χ0) is 30.5. The Hall–Kier alpha value is -3.93. The van der Waals surface area contributed by atoms with Crippen LogP contribution in [0.1, 0.15) is 56.6 Å². The fraction of sp³-hybridized carbons (Fsp3) is 0.484. The van der Waals surface area contributed by atoms with E-state index in [2.05, 4.69) is 37.7 Å². The molecule has 2 aromatic carbocycles. The number of hydrogen-bond donors (Lipinski definition) is 3. The first-order chi connectivity index (χ1) is 20.6. The molecule has 3 aromatic rings. The molecule has 230 valence electrons. The summed E-state index contributed by atoms with van der Waals surface area (Å²) in [4.78, 5) is 35.6. The summed E-state index contributed by atoms with van der Waals surface area (Å²) in [6, 6.07) is 13.2. The number of halogens is 3. The molecule has 0 bridgehead atoms. The molecule has 43 heavy (non-hydrogen) atoms. The number of fused-ring (bicyclic) bond motifs is 1. The first kappa shape index (κ1) is 30.5. The number of amides is 2. The number of aromatic nitrogens is 2. The molecule has 3 N–H and O–H groups in total. The quantitative estimate of drug-likeness (QED) is 0.292. The second-order valence-corrected chi connectivity index (χ2v) is 11.5. The third-order valence-electron chi connectivity index (χ3n) is 8.39. The molecule has 9 nitrogen and oxygen atoms in total. The van der Waals surface area contributed by atoms with Crippen molar-refractivity contribution in [1.29, 1.82) is 0 Å². The number of hydrogen-bond acceptors (Lipinski definition) is 7. The molecule has 1 aromatic heterocycles. The van der Waals surface area contributed by atoms with Crippen molar-refractivity contribution in [3.8, 4) is 0 Å². The van der Waals surface area contributed by atoms with E-state index in [4.69, 9.17) is 4.74 Å². The molecular formula is C31H37F3N6O3. The van der Waals surface area contributed by atoms with Crippen LogP contribution in [0.15, 0.2) is 54.9 Å². The van der Waals surface area contributed by atoms with Crippen molar-refractivity contribution >= 4 is 28.7 Å². The highest BCUT2D eigenvalue weighted by molar-refractivity contribution is 5.91. The lowest BCUT2D eigenvalue weighted by Gasteiger charge is -2.49. The van der Waals surface area contributed by atoms with E-state index in [9.17, 15) is 22.8 Å². The first-order valence-electron chi connectivity index (χ1n) is 14.7. The fourth-order valence-corrected chi connectivity index (χ4v) is 6.13. The topological polar surface area (TPSA) is 108 Å². The molecule has 2 aliphatic rings. The van der Waals surface area contributed by atoms with Crippen molar-refractivity contribution in [2.75, 3.05) is 25.0 Å². The maximum absolute atomic E-state index is 13.2. The molecule has 0 atom stereocenters. The second kappa shape index (κ2) is 13.2. The SMILES string of the molecule is CCCC1(NC(=O)OCc2ccccc2)CCC(N2CC(NC(=O)CNc3ncnc4ccc(C(F)(F)F)cc34)C2)CC1. The lowest BCUT2D eigenvalue weighted by atomic mass is 9.75. The van der Waals surface area contributed by atoms with Gasteiger partial charge in [-0.25, -0.2) is 14.8 Å². The summed E-state index contributed by atoms with van der Waals surface area (Å²) >= 11 is 0. The average molecular weight is 599 g/mol. The highest BCUT2D eigenvalue weighted by atomic mass is 19.4. The van der Waals surface area contributed by atoms with Crippen molar-refractivity contribution in [2.24, 2.45) is 0 Å². The van der Waals surface area contributed by atoms with Gasteiger partial charge in [0.1, 0.15) is 18.8 Å². The summed E-state index contributed by atoms with van der Waals surface area (Å²) in [7, 11) is 0. The molecule has 5 rings (SSSR count). The first-order valence-corrected chi connectivity index (χ1v) is 14.7. The van der Waals surface area contributed by atoms with Gasteiger partial charge in [-0.2, -0.15) is 13.2 Å². The Morgan fingerprint density at radius 2 is 1.81 bits per heavy atom. The van der Waals surface area contributed by atoms with Crippen molar-refractivity contribution in [3.63, 3.8) is 0 Å². The smallest absolute Gasteiger partial charge is 0.416 e. The standard InChI is InChI=1S/C31H37F3N6O3/c1-2-12-30(39-29(42)43-19-21-6-4-3-5-7-21)13-10-24(11-14-30)40-17-23(18-40)38-27(41)16-35-28-25-15-22(31(32,33)34)8-9-26(25)36-20-37-28/h3-9,15,20,23-24H,2,10-14,16-19H2,1H3,(H,38,41)(H,39,42)(H,35,36,37). The summed E-state index contributed by atoms with van der Waals surface area (Å²) in [5.41, 5.74) is 0.235. The molecule has 0 radical (unpaired) electrons. The number of nitrogens with one attached hydrogen (secondary N) is 3. The van der Waals surface area contributed by atoms with Crippen molar-refractivity contribution < 1.29 is 27.5 Å². The Balaban J connectivity index is 1.05. The Labute approximate surface area is 248 Å². The van der Waals surface area contributed by atoms with E-state index in [1.54, 1.807) is 0 Å². The number of likely N-dealkylation sites (tertiary alicyclic amines) is 1. The third-order valence-corrected chi connectivity index (χ3v) is 8.39. The van der Waals surface area contributed by atoms with E-state index < -0.39 is 11.7 Å². The van der Waals surface area contributed by atoms with Crippen LogP contribution < -0.4 is 16.0 Å². The number of ether oxygens (including phenoxy) is 1. The van der Waals surface area contributed by atoms with Gasteiger partial charge in [0.15, 0.2) is 0 Å². The monoisotopic (exact) mass is 598 g/mol. The van der Waals surface area contributed by atoms with Gasteiger partial charge in [-0.3, -0.25) is 9.69 Å². The van der Waals surface area contributed by atoms with Gasteiger partial charge >= 0.3 is 12.3 Å². The number of nitrogens with zero attached hydrogens (tertiary/aromatic N) is 3. The molecule has 1 aliphatic heterocycles. The van der Waals surface area contributed by atoms with Crippen LogP contribution in [0.2, 0.25) is 0 Å². The molecule has 2 fully saturated rings. The van der Waals surface area contributed by atoms with Gasteiger partial charge in [0.25, 0.3) is 0 Å². The van der Waals surface area contributed by atoms with Gasteiger partial charge in [0, 0.05) is 30.1 Å². The lowest BCUT2D eigenvalue weighted by molar-refractivity contribution is -0.137. The number of carbonyl (C=O) groups excluding carboxylic acids is 2. The Morgan fingerprint density at radius 3 is 2.51 bits per heavy atom. The van der Waals surface area contributed by atoms with Crippen LogP contribution in [0.3, 0.4) is 0 Å². The maximum atomic E-state index is 13.2. The van der Waals surface area contributed by atoms with E-state index in [0.717, 1.165) is 69.3 Å². The third kappa shape index (κ3) is 7.73. The predicted molar refractivity (Wildman–Crippen MR) is 156 cm³/mol. The van der Waals surface area contributed by atoms with Crippen molar-refractivity contribution in [3.05, 3.63) is 66.0 Å². The summed E-state index contributed by atoms with van der Waals surface area (Å²) in [6.07, 6.45) is 1.86. The number of alkyl halides is 3. The van der Waals surface area contributed by atoms with Crippen LogP contribution in [0.5, 0.6) is 0 Å². The van der Waals surface area contributed by atoms with Crippen molar-refractivity contribution in [2.45, 2.75) is 75.9 Å². The molecule has 2 heterocycles. The molecular weight excluding hydrogens is 561 g/mol. The minimum absolute atomic E-state index is 0.00157. The van der Waals surface area contributed by atoms with Gasteiger partial charge in [-0.15, -0.1) is 0 Å². The molecule has 1 saturated heterocycles. The summed E-state index contributed by atoms with van der Waals surface area (Å²) in [5.74, 6) is -0.0796. The number of benzene rings is 2. The predicted octanol–water partition coefficient (Wildman–Crippen LogP) is 5.27. The number of carbonyl (C=O) groups is 2. The van der Waals surface area contributed by atoms with Crippen LogP contribution in [-0.2, 0) is 22.3 Å². The maximum Gasteiger partial charge on any atom is 0.416 e. The molecule has 12 heteroatoms. The van der Waals surface area contributed by atoms with Gasteiger partial charge in [-0.1, -0.05) is 43.7 Å². The minimum atomic E-state index is -4.49. The van der Waals surface area contributed by atoms with Gasteiger partial charge in [0.05, 0.1) is 23.7 Å². The van der Waals surface area contributed by atoms with E-state index in [1.165, 1.54) is 12.4 Å². The van der Waals surface area contributed by atoms with Crippen LogP contribution in [0.4, 0.5) is 23.8 Å². The summed E-state index contributed by atoms with van der Waals surface area (Å²) < 4.78 is 45.0. The molecule has 1 aliphatic carbocycles. The molecule has 2 amide bonds. The van der Waals surface area contributed by atoms with Gasteiger partial charge in [-0.05, 0) is 55.9 Å². The minimum Gasteiger partial charge on any atom is -0.445 e. The normalized spacial score (nSPS) is 21.2. The van der Waals surface area contributed by atoms with Gasteiger partial charge < -0.3 is 20.7 Å². The van der Waals surface area contributed by atoms with E-state index in [-0.39, 0.29) is 47.9 Å². The highest BCUT2D eigenvalue weighted by Gasteiger charge is 2.41. The van der Waals surface area contributed by atoms with E-state index >= 15 is 0 Å². The highest BCUT2D eigenvalue weighted by Crippen LogP contribution is 2.36. The Kier molecular flexibility index (Phi) is 9.34. The lowest BCUT2D eigenvalue weighted by Crippen LogP contribution is -2.64. The molecule has 0 unspecified atom stereocenters. The largest absolute Gasteiger partial charge is 0.445 e. The Bertz CT molecular complexity index is 1410. The molecule has 0 spiro atoms. The number of rotatable bonds is 10. The summed E-state index contributed by atoms with van der Waals surface area (Å²) in [6.45, 7) is 3.70. The van der Waals surface area contributed by atoms with Crippen LogP contribution in [0.25, 0.3) is 10.9 Å².